The maximum absolute atomic E-state index is 15.7. The highest BCUT2D eigenvalue weighted by molar-refractivity contribution is 5.96. The zero-order chi connectivity index (χ0) is 27.4. The van der Waals surface area contributed by atoms with Crippen molar-refractivity contribution in [2.24, 2.45) is 0 Å². The molecule has 0 unspecified atom stereocenters. The minimum atomic E-state index is -3.19. The summed E-state index contributed by atoms with van der Waals surface area (Å²) in [5, 5.41) is 9.04. The molecule has 40 heavy (non-hydrogen) atoms. The van der Waals surface area contributed by atoms with Gasteiger partial charge in [0.1, 0.15) is 12.0 Å². The van der Waals surface area contributed by atoms with Crippen molar-refractivity contribution in [3.63, 3.8) is 0 Å². The number of benzene rings is 3. The molecule has 204 valence electrons. The summed E-state index contributed by atoms with van der Waals surface area (Å²) in [5.74, 6) is -2.68. The quantitative estimate of drug-likeness (QED) is 0.252. The van der Waals surface area contributed by atoms with Gasteiger partial charge < -0.3 is 20.9 Å². The van der Waals surface area contributed by atoms with Crippen LogP contribution in [0.2, 0.25) is 0 Å². The van der Waals surface area contributed by atoms with Crippen LogP contribution in [0.25, 0.3) is 33.5 Å². The van der Waals surface area contributed by atoms with Gasteiger partial charge in [0.25, 0.3) is 5.92 Å². The molecule has 2 saturated heterocycles. The number of carbonyl (C=O) groups excluding carboxylic acids is 1. The molecule has 6 nitrogen and oxygen atoms in total. The van der Waals surface area contributed by atoms with Crippen LogP contribution in [-0.4, -0.2) is 41.2 Å². The van der Waals surface area contributed by atoms with Gasteiger partial charge in [-0.1, -0.05) is 42.5 Å². The number of amides is 1. The van der Waals surface area contributed by atoms with Crippen LogP contribution in [0, 0.1) is 0 Å². The summed E-state index contributed by atoms with van der Waals surface area (Å²) >= 11 is 0. The average molecular weight is 544 g/mol. The highest BCUT2D eigenvalue weighted by Gasteiger charge is 2.44. The van der Waals surface area contributed by atoms with Gasteiger partial charge in [-0.2, -0.15) is 8.78 Å². The number of rotatable bonds is 5. The first-order valence-corrected chi connectivity index (χ1v) is 13.6. The number of nitrogens with zero attached hydrogens (tertiary/aromatic N) is 1. The Morgan fingerprint density at radius 3 is 2.38 bits per heavy atom. The first-order valence-electron chi connectivity index (χ1n) is 13.6. The Labute approximate surface area is 229 Å². The number of aromatic amines is 1. The fourth-order valence-corrected chi connectivity index (χ4v) is 6.02. The number of alkyl halides is 3. The zero-order valence-corrected chi connectivity index (χ0v) is 21.6. The first-order chi connectivity index (χ1) is 19.4. The molecular formula is C31H28F3N5O. The molecule has 1 aromatic heterocycles. The Morgan fingerprint density at radius 2 is 1.65 bits per heavy atom. The molecule has 9 heteroatoms. The van der Waals surface area contributed by atoms with Gasteiger partial charge in [-0.15, -0.1) is 0 Å². The smallest absolute Gasteiger partial charge is 0.299 e. The summed E-state index contributed by atoms with van der Waals surface area (Å²) < 4.78 is 45.0. The van der Waals surface area contributed by atoms with Crippen LogP contribution in [0.4, 0.5) is 18.9 Å². The van der Waals surface area contributed by atoms with Gasteiger partial charge in [-0.3, -0.25) is 4.79 Å². The van der Waals surface area contributed by atoms with Crippen molar-refractivity contribution in [2.75, 3.05) is 18.4 Å². The molecule has 2 fully saturated rings. The molecule has 3 aromatic carbocycles. The minimum Gasteiger partial charge on any atom is -0.341 e. The van der Waals surface area contributed by atoms with Crippen LogP contribution in [0.3, 0.4) is 0 Å². The molecule has 0 radical (unpaired) electrons. The maximum Gasteiger partial charge on any atom is 0.299 e. The lowest BCUT2D eigenvalue weighted by molar-refractivity contribution is -0.117. The third-order valence-corrected chi connectivity index (χ3v) is 8.18. The van der Waals surface area contributed by atoms with Gasteiger partial charge in [-0.25, -0.2) is 9.37 Å². The topological polar surface area (TPSA) is 81.8 Å². The Hall–Kier alpha value is -3.95. The van der Waals surface area contributed by atoms with Crippen molar-refractivity contribution >= 4 is 11.6 Å². The summed E-state index contributed by atoms with van der Waals surface area (Å²) in [4.78, 5) is 20.2. The van der Waals surface area contributed by atoms with Crippen molar-refractivity contribution < 1.29 is 18.0 Å². The predicted molar refractivity (Wildman–Crippen MR) is 148 cm³/mol. The zero-order valence-electron chi connectivity index (χ0n) is 21.6. The minimum absolute atomic E-state index is 0.0431. The lowest BCUT2D eigenvalue weighted by Gasteiger charge is -2.15. The van der Waals surface area contributed by atoms with E-state index in [0.29, 0.717) is 41.2 Å². The molecule has 1 amide bonds. The molecule has 3 aliphatic rings. The van der Waals surface area contributed by atoms with E-state index in [4.69, 9.17) is 0 Å². The molecule has 4 N–H and O–H groups in total. The number of nitrogens with one attached hydrogen (secondary N) is 4. The Kier molecular flexibility index (Phi) is 6.01. The molecule has 3 atom stereocenters. The van der Waals surface area contributed by atoms with Gasteiger partial charge in [0.2, 0.25) is 5.91 Å². The lowest BCUT2D eigenvalue weighted by Crippen LogP contribution is -2.35. The van der Waals surface area contributed by atoms with Crippen LogP contribution >= 0.6 is 0 Å². The largest absolute Gasteiger partial charge is 0.341 e. The second-order valence-electron chi connectivity index (χ2n) is 10.8. The van der Waals surface area contributed by atoms with Crippen LogP contribution in [-0.2, 0) is 10.7 Å². The summed E-state index contributed by atoms with van der Waals surface area (Å²) in [7, 11) is 0. The van der Waals surface area contributed by atoms with Gasteiger partial charge in [0.15, 0.2) is 0 Å². The SMILES string of the molecule is O=C(Nc1ccc2c(c1)C(F)(F)c1cc(-c3ccc(-c4cnc([C@@H]5C[C@H](F)CN5)[nH]4)cc3)ccc1-2)[C@@H]1CCCN1. The van der Waals surface area contributed by atoms with E-state index in [9.17, 15) is 9.18 Å². The van der Waals surface area contributed by atoms with E-state index >= 15 is 8.78 Å². The highest BCUT2D eigenvalue weighted by atomic mass is 19.3. The van der Waals surface area contributed by atoms with Crippen LogP contribution < -0.4 is 16.0 Å². The Bertz CT molecular complexity index is 1590. The van der Waals surface area contributed by atoms with Crippen LogP contribution in [0.5, 0.6) is 0 Å². The first kappa shape index (κ1) is 25.0. The summed E-state index contributed by atoms with van der Waals surface area (Å²) in [6, 6.07) is 17.1. The standard InChI is InChI=1S/C31H28F3N5O/c32-20-13-27(36-15-20)29-37-16-28(39-29)18-5-3-17(4-6-18)19-7-9-22-23-10-8-21(38-30(40)26-2-1-11-35-26)14-25(23)31(33,34)24(22)12-19/h3-10,12,14,16,20,26-27,35-36H,1-2,11,13,15H2,(H,37,39)(H,38,40)/t20-,26-,27-/m0/s1. The Balaban J connectivity index is 1.12. The van der Waals surface area contributed by atoms with E-state index in [0.717, 1.165) is 36.2 Å². The number of fused-ring (bicyclic) bond motifs is 3. The molecule has 1 aliphatic carbocycles. The fraction of sp³-hybridized carbons (Fsp3) is 0.290. The number of anilines is 1. The molecule has 0 bridgehead atoms. The molecule has 0 saturated carbocycles. The van der Waals surface area contributed by atoms with Crippen molar-refractivity contribution in [3.05, 3.63) is 83.8 Å². The molecule has 7 rings (SSSR count). The van der Waals surface area contributed by atoms with Crippen LogP contribution in [0.15, 0.2) is 66.9 Å². The van der Waals surface area contributed by atoms with Gasteiger partial charge in [0.05, 0.1) is 24.0 Å². The van der Waals surface area contributed by atoms with Gasteiger partial charge in [0, 0.05) is 29.8 Å². The maximum atomic E-state index is 15.7. The summed E-state index contributed by atoms with van der Waals surface area (Å²) in [6.45, 7) is 1.11. The number of H-pyrrole nitrogens is 1. The number of imidazole rings is 1. The number of aromatic nitrogens is 2. The predicted octanol–water partition coefficient (Wildman–Crippen LogP) is 5.93. The summed E-state index contributed by atoms with van der Waals surface area (Å²) in [5.41, 5.74) is 4.42. The molecule has 0 spiro atoms. The van der Waals surface area contributed by atoms with E-state index in [-0.39, 0.29) is 29.1 Å². The third kappa shape index (κ3) is 4.30. The van der Waals surface area contributed by atoms with E-state index in [1.807, 2.05) is 30.3 Å². The molecule has 2 aliphatic heterocycles. The monoisotopic (exact) mass is 543 g/mol. The number of carbonyl (C=O) groups is 1. The van der Waals surface area contributed by atoms with Crippen molar-refractivity contribution in [1.82, 2.24) is 20.6 Å². The summed E-state index contributed by atoms with van der Waals surface area (Å²) in [6.07, 6.45) is 2.92. The fourth-order valence-electron chi connectivity index (χ4n) is 6.02. The number of halogens is 3. The van der Waals surface area contributed by atoms with E-state index in [1.165, 1.54) is 6.07 Å². The van der Waals surface area contributed by atoms with E-state index in [2.05, 4.69) is 25.9 Å². The van der Waals surface area contributed by atoms with Gasteiger partial charge in [-0.05, 0) is 65.4 Å². The second kappa shape index (κ2) is 9.60. The number of hydrogen-bond acceptors (Lipinski definition) is 4. The van der Waals surface area contributed by atoms with Crippen molar-refractivity contribution in [3.8, 4) is 33.5 Å². The van der Waals surface area contributed by atoms with Crippen molar-refractivity contribution in [1.29, 1.82) is 0 Å². The lowest BCUT2D eigenvalue weighted by atomic mass is 9.97. The normalized spacial score (nSPS) is 22.7. The van der Waals surface area contributed by atoms with Crippen LogP contribution in [0.1, 0.15) is 42.3 Å². The highest BCUT2D eigenvalue weighted by Crippen LogP contribution is 2.52. The molecule has 3 heterocycles. The van der Waals surface area contributed by atoms with E-state index < -0.39 is 12.1 Å². The Morgan fingerprint density at radius 1 is 0.925 bits per heavy atom. The molecular weight excluding hydrogens is 515 g/mol. The molecule has 4 aromatic rings. The van der Waals surface area contributed by atoms with E-state index in [1.54, 1.807) is 30.5 Å². The van der Waals surface area contributed by atoms with Gasteiger partial charge >= 0.3 is 0 Å². The number of hydrogen-bond donors (Lipinski definition) is 4. The third-order valence-electron chi connectivity index (χ3n) is 8.18. The second-order valence-corrected chi connectivity index (χ2v) is 10.8. The average Bonchev–Trinajstić information content (AvgIpc) is 3.77. The van der Waals surface area contributed by atoms with Crippen molar-refractivity contribution in [2.45, 2.75) is 43.4 Å².